The van der Waals surface area contributed by atoms with E-state index in [1.165, 1.54) is 57.9 Å². The molecule has 0 bridgehead atoms. The molecule has 2 aliphatic rings. The molecule has 0 radical (unpaired) electrons. The molecule has 2 heteroatoms. The molecule has 1 saturated carbocycles. The largest absolute Gasteiger partial charge is 0.319 e. The molecule has 1 unspecified atom stereocenters. The Labute approximate surface area is 175 Å². The second-order valence-electron chi connectivity index (χ2n) is 9.57. The maximum Gasteiger partial charge on any atom is 0.0233 e. The highest BCUT2D eigenvalue weighted by atomic mass is 15.2. The predicted molar refractivity (Wildman–Crippen MR) is 125 cm³/mol. The fourth-order valence-corrected chi connectivity index (χ4v) is 4.84. The molecule has 0 aromatic rings. The molecule has 0 heterocycles. The van der Waals surface area contributed by atoms with E-state index in [1.54, 1.807) is 11.1 Å². The van der Waals surface area contributed by atoms with Gasteiger partial charge in [-0.2, -0.15) is 0 Å². The van der Waals surface area contributed by atoms with Gasteiger partial charge in [0.15, 0.2) is 0 Å². The van der Waals surface area contributed by atoms with Crippen molar-refractivity contribution in [3.8, 4) is 0 Å². The van der Waals surface area contributed by atoms with Gasteiger partial charge >= 0.3 is 0 Å². The number of unbranched alkanes of at least 4 members (excludes halogenated alkanes) is 3. The molecule has 1 N–H and O–H groups in total. The molecule has 0 aromatic carbocycles. The summed E-state index contributed by atoms with van der Waals surface area (Å²) in [5.74, 6) is 0.924. The van der Waals surface area contributed by atoms with Crippen LogP contribution in [0.3, 0.4) is 0 Å². The Hall–Kier alpha value is -0.860. The SMILES string of the molecule is C=CC1(C)CC=C(CN(CCCCCC)C2CCC(C)CC2)C=C1CCNC. The van der Waals surface area contributed by atoms with E-state index in [4.69, 9.17) is 0 Å². The molecule has 2 aliphatic carbocycles. The van der Waals surface area contributed by atoms with Crippen molar-refractivity contribution in [3.05, 3.63) is 36.0 Å². The second kappa shape index (κ2) is 12.0. The van der Waals surface area contributed by atoms with Crippen LogP contribution >= 0.6 is 0 Å². The van der Waals surface area contributed by atoms with Crippen LogP contribution in [0.2, 0.25) is 0 Å². The average molecular weight is 387 g/mol. The average Bonchev–Trinajstić information content (AvgIpc) is 2.71. The standard InChI is InChI=1S/C26H46N2/c1-6-8-9-10-19-28(25-13-11-22(3)12-14-25)21-23-15-17-26(4,7-2)24(20-23)16-18-27-5/h7,15,20,22,25,27H,2,6,8-14,16-19,21H2,1,3-5H3. The lowest BCUT2D eigenvalue weighted by Gasteiger charge is -2.38. The quantitative estimate of drug-likeness (QED) is 0.304. The summed E-state index contributed by atoms with van der Waals surface area (Å²) in [5, 5.41) is 3.32. The Kier molecular flexibility index (Phi) is 10.0. The third-order valence-corrected chi connectivity index (χ3v) is 7.16. The molecule has 1 fully saturated rings. The normalized spacial score (nSPS) is 28.2. The van der Waals surface area contributed by atoms with Gasteiger partial charge in [0.2, 0.25) is 0 Å². The minimum atomic E-state index is 0.132. The third-order valence-electron chi connectivity index (χ3n) is 7.16. The van der Waals surface area contributed by atoms with Crippen LogP contribution in [0.25, 0.3) is 0 Å². The van der Waals surface area contributed by atoms with Crippen LogP contribution in [0.5, 0.6) is 0 Å². The van der Waals surface area contributed by atoms with Crippen molar-refractivity contribution in [1.82, 2.24) is 10.2 Å². The van der Waals surface area contributed by atoms with E-state index in [2.05, 4.69) is 55.8 Å². The fraction of sp³-hybridized carbons (Fsp3) is 0.769. The van der Waals surface area contributed by atoms with Crippen LogP contribution in [0.1, 0.15) is 85.0 Å². The lowest BCUT2D eigenvalue weighted by molar-refractivity contribution is 0.148. The van der Waals surface area contributed by atoms with Crippen LogP contribution in [0.15, 0.2) is 36.0 Å². The molecule has 0 saturated heterocycles. The van der Waals surface area contributed by atoms with Crippen LogP contribution in [0.4, 0.5) is 0 Å². The first kappa shape index (κ1) is 23.4. The Morgan fingerprint density at radius 1 is 1.21 bits per heavy atom. The highest BCUT2D eigenvalue weighted by Crippen LogP contribution is 2.39. The lowest BCUT2D eigenvalue weighted by Crippen LogP contribution is -2.40. The van der Waals surface area contributed by atoms with Crippen LogP contribution in [-0.2, 0) is 0 Å². The molecule has 0 spiro atoms. The zero-order valence-electron chi connectivity index (χ0n) is 19.2. The van der Waals surface area contributed by atoms with Crippen LogP contribution in [-0.4, -0.2) is 37.6 Å². The highest BCUT2D eigenvalue weighted by molar-refractivity contribution is 5.37. The van der Waals surface area contributed by atoms with Crippen LogP contribution < -0.4 is 5.32 Å². The van der Waals surface area contributed by atoms with Crippen molar-refractivity contribution in [3.63, 3.8) is 0 Å². The highest BCUT2D eigenvalue weighted by Gasteiger charge is 2.29. The number of hydrogen-bond donors (Lipinski definition) is 1. The van der Waals surface area contributed by atoms with Gasteiger partial charge in [0.1, 0.15) is 0 Å². The number of nitrogens with one attached hydrogen (secondary N) is 1. The van der Waals surface area contributed by atoms with Crippen molar-refractivity contribution < 1.29 is 0 Å². The third kappa shape index (κ3) is 6.88. The summed E-state index contributed by atoms with van der Waals surface area (Å²) in [4.78, 5) is 2.83. The maximum atomic E-state index is 4.14. The van der Waals surface area contributed by atoms with Crippen molar-refractivity contribution in [2.24, 2.45) is 11.3 Å². The van der Waals surface area contributed by atoms with Gasteiger partial charge in [0.25, 0.3) is 0 Å². The summed E-state index contributed by atoms with van der Waals surface area (Å²) in [6.45, 7) is 14.7. The minimum absolute atomic E-state index is 0.132. The molecular weight excluding hydrogens is 340 g/mol. The van der Waals surface area contributed by atoms with E-state index in [1.807, 2.05) is 7.05 Å². The first-order valence-electron chi connectivity index (χ1n) is 11.9. The summed E-state index contributed by atoms with van der Waals surface area (Å²) in [5.41, 5.74) is 3.23. The Balaban J connectivity index is 2.06. The minimum Gasteiger partial charge on any atom is -0.319 e. The fourth-order valence-electron chi connectivity index (χ4n) is 4.84. The molecule has 28 heavy (non-hydrogen) atoms. The number of nitrogens with zero attached hydrogens (tertiary/aromatic N) is 1. The van der Waals surface area contributed by atoms with Gasteiger partial charge in [0, 0.05) is 18.0 Å². The zero-order chi connectivity index (χ0) is 20.4. The Morgan fingerprint density at radius 2 is 1.96 bits per heavy atom. The topological polar surface area (TPSA) is 15.3 Å². The summed E-state index contributed by atoms with van der Waals surface area (Å²) in [6.07, 6.45) is 20.4. The molecule has 0 amide bonds. The van der Waals surface area contributed by atoms with Gasteiger partial charge in [-0.1, -0.05) is 63.8 Å². The van der Waals surface area contributed by atoms with Gasteiger partial charge < -0.3 is 5.32 Å². The van der Waals surface area contributed by atoms with Crippen LogP contribution in [0, 0.1) is 11.3 Å². The van der Waals surface area contributed by atoms with E-state index in [-0.39, 0.29) is 5.41 Å². The first-order chi connectivity index (χ1) is 13.5. The zero-order valence-corrected chi connectivity index (χ0v) is 19.2. The molecular formula is C26H46N2. The summed E-state index contributed by atoms with van der Waals surface area (Å²) in [6, 6.07) is 0.792. The predicted octanol–water partition coefficient (Wildman–Crippen LogP) is 6.51. The van der Waals surface area contributed by atoms with Gasteiger partial charge in [0.05, 0.1) is 0 Å². The Morgan fingerprint density at radius 3 is 2.61 bits per heavy atom. The Bertz CT molecular complexity index is 525. The van der Waals surface area contributed by atoms with Crippen molar-refractivity contribution in [1.29, 1.82) is 0 Å². The van der Waals surface area contributed by atoms with E-state index in [0.29, 0.717) is 0 Å². The molecule has 2 rings (SSSR count). The first-order valence-corrected chi connectivity index (χ1v) is 11.9. The number of rotatable bonds is 12. The van der Waals surface area contributed by atoms with Gasteiger partial charge in [-0.3, -0.25) is 4.90 Å². The van der Waals surface area contributed by atoms with E-state index >= 15 is 0 Å². The van der Waals surface area contributed by atoms with Crippen molar-refractivity contribution in [2.45, 2.75) is 91.0 Å². The number of allylic oxidation sites excluding steroid dienone is 2. The van der Waals surface area contributed by atoms with E-state index < -0.39 is 0 Å². The van der Waals surface area contributed by atoms with E-state index in [9.17, 15) is 0 Å². The van der Waals surface area contributed by atoms with Gasteiger partial charge in [-0.25, -0.2) is 0 Å². The molecule has 2 nitrogen and oxygen atoms in total. The van der Waals surface area contributed by atoms with Gasteiger partial charge in [-0.15, -0.1) is 6.58 Å². The molecule has 0 aliphatic heterocycles. The van der Waals surface area contributed by atoms with Gasteiger partial charge in [-0.05, 0) is 76.6 Å². The smallest absolute Gasteiger partial charge is 0.0233 e. The van der Waals surface area contributed by atoms with Crippen molar-refractivity contribution >= 4 is 0 Å². The maximum absolute atomic E-state index is 4.14. The van der Waals surface area contributed by atoms with E-state index in [0.717, 1.165) is 37.9 Å². The van der Waals surface area contributed by atoms with Crippen molar-refractivity contribution in [2.75, 3.05) is 26.7 Å². The summed E-state index contributed by atoms with van der Waals surface area (Å²) in [7, 11) is 2.05. The number of hydrogen-bond acceptors (Lipinski definition) is 2. The second-order valence-corrected chi connectivity index (χ2v) is 9.57. The lowest BCUT2D eigenvalue weighted by atomic mass is 9.73. The summed E-state index contributed by atoms with van der Waals surface area (Å²) < 4.78 is 0. The monoisotopic (exact) mass is 386 g/mol. The molecule has 0 aromatic heterocycles. The summed E-state index contributed by atoms with van der Waals surface area (Å²) >= 11 is 0. The molecule has 160 valence electrons. The molecule has 1 atom stereocenters.